The Bertz CT molecular complexity index is 131. The Morgan fingerprint density at radius 2 is 2.10 bits per heavy atom. The van der Waals surface area contributed by atoms with Crippen molar-refractivity contribution in [2.45, 2.75) is 38.6 Å². The third-order valence-corrected chi connectivity index (χ3v) is 3.47. The highest BCUT2D eigenvalue weighted by atomic mass is 14.7. The molecular weight excluding hydrogens is 122 g/mol. The van der Waals surface area contributed by atoms with Gasteiger partial charge in [-0.3, -0.25) is 0 Å². The second kappa shape index (κ2) is 2.23. The minimum atomic E-state index is 0.454. The van der Waals surface area contributed by atoms with Crippen molar-refractivity contribution in [2.75, 3.05) is 0 Å². The van der Waals surface area contributed by atoms with E-state index in [1.807, 2.05) is 0 Å². The molecule has 0 saturated heterocycles. The number of nitrogens with two attached hydrogens (primary N) is 1. The molecule has 0 unspecified atom stereocenters. The van der Waals surface area contributed by atoms with Crippen LogP contribution in [0.1, 0.15) is 32.6 Å². The van der Waals surface area contributed by atoms with Crippen molar-refractivity contribution in [2.24, 2.45) is 23.5 Å². The summed E-state index contributed by atoms with van der Waals surface area (Å²) in [6.45, 7) is 2.17. The maximum atomic E-state index is 5.88. The van der Waals surface area contributed by atoms with Crippen LogP contribution in [0.5, 0.6) is 0 Å². The summed E-state index contributed by atoms with van der Waals surface area (Å²) < 4.78 is 0. The topological polar surface area (TPSA) is 26.0 Å². The lowest BCUT2D eigenvalue weighted by atomic mass is 9.84. The Kier molecular flexibility index (Phi) is 1.48. The van der Waals surface area contributed by atoms with Gasteiger partial charge in [-0.1, -0.05) is 6.42 Å². The molecule has 0 amide bonds. The summed E-state index contributed by atoms with van der Waals surface area (Å²) in [6, 6.07) is 0.454. The molecule has 1 nitrogen and oxygen atoms in total. The Morgan fingerprint density at radius 1 is 1.30 bits per heavy atom. The summed E-state index contributed by atoms with van der Waals surface area (Å²) in [4.78, 5) is 0. The second-order valence-corrected chi connectivity index (χ2v) is 4.20. The van der Waals surface area contributed by atoms with Gasteiger partial charge < -0.3 is 5.73 Å². The van der Waals surface area contributed by atoms with Crippen molar-refractivity contribution in [1.29, 1.82) is 0 Å². The standard InChI is InChI=1S/C9H17N/c1-6(10)9-5-7-2-3-8(9)4-7/h6-9H,2-5,10H2,1H3/t6-,7+,8-,9-/m0/s1. The zero-order valence-corrected chi connectivity index (χ0v) is 6.72. The third-order valence-electron chi connectivity index (χ3n) is 3.47. The van der Waals surface area contributed by atoms with Crippen molar-refractivity contribution in [3.05, 3.63) is 0 Å². The zero-order chi connectivity index (χ0) is 7.14. The van der Waals surface area contributed by atoms with E-state index in [1.165, 1.54) is 25.7 Å². The lowest BCUT2D eigenvalue weighted by Crippen LogP contribution is -2.30. The Hall–Kier alpha value is -0.0400. The van der Waals surface area contributed by atoms with Crippen LogP contribution in [0.25, 0.3) is 0 Å². The molecule has 58 valence electrons. The van der Waals surface area contributed by atoms with Crippen molar-refractivity contribution in [3.8, 4) is 0 Å². The van der Waals surface area contributed by atoms with Crippen molar-refractivity contribution in [1.82, 2.24) is 0 Å². The highest BCUT2D eigenvalue weighted by Gasteiger charge is 2.40. The fourth-order valence-corrected chi connectivity index (χ4v) is 2.94. The van der Waals surface area contributed by atoms with E-state index >= 15 is 0 Å². The predicted molar refractivity (Wildman–Crippen MR) is 42.6 cm³/mol. The quantitative estimate of drug-likeness (QED) is 0.588. The fraction of sp³-hybridized carbons (Fsp3) is 1.00. The van der Waals surface area contributed by atoms with Crippen LogP contribution in [0.3, 0.4) is 0 Å². The third kappa shape index (κ3) is 0.878. The SMILES string of the molecule is C[C@H](N)[C@@H]1C[C@@H]2CC[C@H]1C2. The number of fused-ring (bicyclic) bond motifs is 2. The first-order valence-electron chi connectivity index (χ1n) is 4.53. The summed E-state index contributed by atoms with van der Waals surface area (Å²) in [7, 11) is 0. The Morgan fingerprint density at radius 3 is 2.40 bits per heavy atom. The first-order chi connectivity index (χ1) is 4.77. The van der Waals surface area contributed by atoms with Crippen molar-refractivity contribution >= 4 is 0 Å². The molecule has 0 heterocycles. The molecule has 2 rings (SSSR count). The highest BCUT2D eigenvalue weighted by Crippen LogP contribution is 2.49. The van der Waals surface area contributed by atoms with Gasteiger partial charge in [0.05, 0.1) is 0 Å². The molecule has 4 atom stereocenters. The van der Waals surface area contributed by atoms with Crippen LogP contribution in [-0.2, 0) is 0 Å². The molecule has 10 heavy (non-hydrogen) atoms. The largest absolute Gasteiger partial charge is 0.328 e. The molecule has 0 aliphatic heterocycles. The molecule has 2 fully saturated rings. The van der Waals surface area contributed by atoms with Gasteiger partial charge in [-0.25, -0.2) is 0 Å². The van der Waals surface area contributed by atoms with Gasteiger partial charge in [0.25, 0.3) is 0 Å². The number of hydrogen-bond acceptors (Lipinski definition) is 1. The summed E-state index contributed by atoms with van der Waals surface area (Å²) in [6.07, 6.45) is 5.89. The molecule has 2 bridgehead atoms. The van der Waals surface area contributed by atoms with Gasteiger partial charge in [-0.05, 0) is 43.9 Å². The minimum absolute atomic E-state index is 0.454. The van der Waals surface area contributed by atoms with Crippen LogP contribution in [-0.4, -0.2) is 6.04 Å². The van der Waals surface area contributed by atoms with Crippen molar-refractivity contribution in [3.63, 3.8) is 0 Å². The Balaban J connectivity index is 2.02. The summed E-state index contributed by atoms with van der Waals surface area (Å²) in [5.74, 6) is 2.93. The number of hydrogen-bond donors (Lipinski definition) is 1. The maximum absolute atomic E-state index is 5.88. The molecule has 0 radical (unpaired) electrons. The van der Waals surface area contributed by atoms with Gasteiger partial charge in [0.15, 0.2) is 0 Å². The Labute approximate surface area is 63.0 Å². The zero-order valence-electron chi connectivity index (χ0n) is 6.72. The first-order valence-corrected chi connectivity index (χ1v) is 4.53. The molecule has 0 aromatic carbocycles. The van der Waals surface area contributed by atoms with E-state index in [0.29, 0.717) is 6.04 Å². The number of rotatable bonds is 1. The van der Waals surface area contributed by atoms with E-state index in [2.05, 4.69) is 6.92 Å². The highest BCUT2D eigenvalue weighted by molar-refractivity contribution is 4.92. The van der Waals surface area contributed by atoms with E-state index in [9.17, 15) is 0 Å². The van der Waals surface area contributed by atoms with E-state index in [1.54, 1.807) is 0 Å². The van der Waals surface area contributed by atoms with Crippen LogP contribution in [0.15, 0.2) is 0 Å². The minimum Gasteiger partial charge on any atom is -0.328 e. The van der Waals surface area contributed by atoms with Gasteiger partial charge in [0.1, 0.15) is 0 Å². The van der Waals surface area contributed by atoms with Crippen LogP contribution in [0.4, 0.5) is 0 Å². The molecule has 0 aromatic heterocycles. The van der Waals surface area contributed by atoms with Gasteiger partial charge in [-0.15, -0.1) is 0 Å². The predicted octanol–water partition coefficient (Wildman–Crippen LogP) is 1.77. The average Bonchev–Trinajstić information content (AvgIpc) is 2.44. The monoisotopic (exact) mass is 139 g/mol. The van der Waals surface area contributed by atoms with E-state index < -0.39 is 0 Å². The average molecular weight is 139 g/mol. The maximum Gasteiger partial charge on any atom is 0.00415 e. The molecule has 0 aromatic rings. The first kappa shape index (κ1) is 6.66. The molecule has 2 saturated carbocycles. The lowest BCUT2D eigenvalue weighted by Gasteiger charge is -2.24. The van der Waals surface area contributed by atoms with Crippen molar-refractivity contribution < 1.29 is 0 Å². The fourth-order valence-electron chi connectivity index (χ4n) is 2.94. The van der Waals surface area contributed by atoms with Crippen LogP contribution in [0, 0.1) is 17.8 Å². The summed E-state index contributed by atoms with van der Waals surface area (Å²) in [5.41, 5.74) is 5.88. The van der Waals surface area contributed by atoms with Crippen LogP contribution >= 0.6 is 0 Å². The van der Waals surface area contributed by atoms with E-state index in [0.717, 1.165) is 17.8 Å². The molecule has 2 aliphatic carbocycles. The van der Waals surface area contributed by atoms with Crippen LogP contribution in [0.2, 0.25) is 0 Å². The van der Waals surface area contributed by atoms with Crippen LogP contribution < -0.4 is 5.73 Å². The van der Waals surface area contributed by atoms with E-state index in [-0.39, 0.29) is 0 Å². The van der Waals surface area contributed by atoms with E-state index in [4.69, 9.17) is 5.73 Å². The summed E-state index contributed by atoms with van der Waals surface area (Å²) in [5, 5.41) is 0. The normalized spacial score (nSPS) is 48.0. The lowest BCUT2D eigenvalue weighted by molar-refractivity contribution is 0.293. The molecular formula is C9H17N. The van der Waals surface area contributed by atoms with Gasteiger partial charge in [-0.2, -0.15) is 0 Å². The molecule has 0 spiro atoms. The molecule has 1 heteroatoms. The second-order valence-electron chi connectivity index (χ2n) is 4.20. The van der Waals surface area contributed by atoms with Gasteiger partial charge in [0, 0.05) is 6.04 Å². The van der Waals surface area contributed by atoms with Gasteiger partial charge in [0.2, 0.25) is 0 Å². The molecule has 2 N–H and O–H groups in total. The summed E-state index contributed by atoms with van der Waals surface area (Å²) >= 11 is 0. The molecule has 2 aliphatic rings. The van der Waals surface area contributed by atoms with Gasteiger partial charge >= 0.3 is 0 Å². The smallest absolute Gasteiger partial charge is 0.00415 e.